The van der Waals surface area contributed by atoms with E-state index >= 15 is 0 Å². The zero-order valence-corrected chi connectivity index (χ0v) is 18.4. The molecule has 0 atom stereocenters. The van der Waals surface area contributed by atoms with Crippen molar-refractivity contribution < 1.29 is 19.1 Å². The molecule has 0 spiro atoms. The van der Waals surface area contributed by atoms with E-state index in [9.17, 15) is 14.4 Å². The molecule has 1 heterocycles. The predicted octanol–water partition coefficient (Wildman–Crippen LogP) is 2.13. The molecular weight excluding hydrogens is 388 g/mol. The summed E-state index contributed by atoms with van der Waals surface area (Å²) in [7, 11) is 1.56. The lowest BCUT2D eigenvalue weighted by atomic mass is 10.1. The number of ether oxygens (including phenoxy) is 1. The van der Waals surface area contributed by atoms with E-state index in [4.69, 9.17) is 10.3 Å². The van der Waals surface area contributed by atoms with Gasteiger partial charge in [-0.25, -0.2) is 10.3 Å². The highest BCUT2D eigenvalue weighted by molar-refractivity contribution is 5.93. The van der Waals surface area contributed by atoms with Gasteiger partial charge in [-0.3, -0.25) is 9.59 Å². The van der Waals surface area contributed by atoms with Crippen LogP contribution in [0.2, 0.25) is 0 Å². The number of hydrogen-bond acceptors (Lipinski definition) is 7. The van der Waals surface area contributed by atoms with E-state index in [1.54, 1.807) is 7.05 Å². The molecule has 0 bridgehead atoms. The number of nitrogens with one attached hydrogen (secondary N) is 4. The van der Waals surface area contributed by atoms with Crippen LogP contribution in [0.4, 0.5) is 4.79 Å². The first-order valence-corrected chi connectivity index (χ1v) is 10.6. The number of carbonyl (C=O) groups is 3. The second-order valence-electron chi connectivity index (χ2n) is 7.68. The summed E-state index contributed by atoms with van der Waals surface area (Å²) in [6.45, 7) is 6.09. The van der Waals surface area contributed by atoms with Crippen LogP contribution in [0.1, 0.15) is 52.4 Å². The van der Waals surface area contributed by atoms with Crippen LogP contribution < -0.4 is 16.0 Å². The Balaban J connectivity index is 2.47. The summed E-state index contributed by atoms with van der Waals surface area (Å²) in [6.07, 6.45) is 4.52. The average Bonchev–Trinajstić information content (AvgIpc) is 2.73. The molecule has 0 saturated carbocycles. The molecule has 0 aromatic carbocycles. The topological polar surface area (TPSA) is 136 Å². The van der Waals surface area contributed by atoms with Gasteiger partial charge in [0.2, 0.25) is 5.91 Å². The first-order chi connectivity index (χ1) is 14.4. The van der Waals surface area contributed by atoms with Crippen molar-refractivity contribution in [2.24, 2.45) is 11.0 Å². The fraction of sp³-hybridized carbons (Fsp3) is 0.750. The number of amides is 3. The Hall–Kier alpha value is -2.65. The second-order valence-corrected chi connectivity index (χ2v) is 7.68. The van der Waals surface area contributed by atoms with Crippen LogP contribution in [0.5, 0.6) is 0 Å². The summed E-state index contributed by atoms with van der Waals surface area (Å²) in [4.78, 5) is 37.3. The summed E-state index contributed by atoms with van der Waals surface area (Å²) in [5, 5.41) is 11.5. The van der Waals surface area contributed by atoms with Gasteiger partial charge in [-0.15, -0.1) is 0 Å². The molecule has 1 fully saturated rings. The van der Waals surface area contributed by atoms with Crippen molar-refractivity contribution >= 4 is 17.9 Å². The SMILES string of the molecule is CNC(=O)CCCNC(=O)/C(N=N)=C1\CN(C(=O)OCCCCCC(C)C)CCN1. The van der Waals surface area contributed by atoms with Gasteiger partial charge in [0.1, 0.15) is 0 Å². The van der Waals surface area contributed by atoms with Gasteiger partial charge in [-0.05, 0) is 18.8 Å². The van der Waals surface area contributed by atoms with E-state index in [0.29, 0.717) is 50.7 Å². The van der Waals surface area contributed by atoms with Crippen LogP contribution in [-0.2, 0) is 14.3 Å². The first kappa shape index (κ1) is 25.4. The molecule has 4 N–H and O–H groups in total. The molecule has 170 valence electrons. The van der Waals surface area contributed by atoms with Crippen molar-refractivity contribution in [3.8, 4) is 0 Å². The van der Waals surface area contributed by atoms with Gasteiger partial charge in [0.15, 0.2) is 5.70 Å². The van der Waals surface area contributed by atoms with Crippen LogP contribution >= 0.6 is 0 Å². The molecule has 1 saturated heterocycles. The third kappa shape index (κ3) is 9.71. The number of nitrogens with zero attached hydrogens (tertiary/aromatic N) is 2. The highest BCUT2D eigenvalue weighted by Crippen LogP contribution is 2.12. The maximum atomic E-state index is 12.3. The highest BCUT2D eigenvalue weighted by Gasteiger charge is 2.25. The third-order valence-corrected chi connectivity index (χ3v) is 4.74. The van der Waals surface area contributed by atoms with Crippen molar-refractivity contribution in [1.82, 2.24) is 20.9 Å². The Kier molecular flexibility index (Phi) is 12.1. The number of rotatable bonds is 12. The van der Waals surface area contributed by atoms with Gasteiger partial charge in [0.05, 0.1) is 18.8 Å². The fourth-order valence-corrected chi connectivity index (χ4v) is 2.98. The third-order valence-electron chi connectivity index (χ3n) is 4.74. The molecule has 0 radical (unpaired) electrons. The van der Waals surface area contributed by atoms with E-state index in [1.165, 1.54) is 11.3 Å². The fourth-order valence-electron chi connectivity index (χ4n) is 2.98. The van der Waals surface area contributed by atoms with Crippen LogP contribution in [0.3, 0.4) is 0 Å². The molecule has 1 rings (SSSR count). The molecule has 10 heteroatoms. The minimum atomic E-state index is -0.509. The summed E-state index contributed by atoms with van der Waals surface area (Å²) in [6, 6.07) is 0. The summed E-state index contributed by atoms with van der Waals surface area (Å²) >= 11 is 0. The maximum absolute atomic E-state index is 12.3. The Morgan fingerprint density at radius 3 is 2.67 bits per heavy atom. The lowest BCUT2D eigenvalue weighted by Gasteiger charge is -2.29. The predicted molar refractivity (Wildman–Crippen MR) is 113 cm³/mol. The van der Waals surface area contributed by atoms with Gasteiger partial charge in [0, 0.05) is 33.1 Å². The Labute approximate surface area is 178 Å². The van der Waals surface area contributed by atoms with Crippen LogP contribution in [-0.4, -0.2) is 62.6 Å². The van der Waals surface area contributed by atoms with Crippen molar-refractivity contribution in [1.29, 1.82) is 5.53 Å². The first-order valence-electron chi connectivity index (χ1n) is 10.6. The molecule has 0 unspecified atom stereocenters. The molecule has 0 aromatic heterocycles. The standard InChI is InChI=1S/C20H36N6O4/c1-15(2)8-5-4-6-13-30-20(29)26-12-11-23-16(14-26)18(25-21)19(28)24-10-7-9-17(27)22-3/h15,21,23H,4-14H2,1-3H3,(H,22,27)(H,24,28)/b18-16-,25-21?. The highest BCUT2D eigenvalue weighted by atomic mass is 16.6. The minimum Gasteiger partial charge on any atom is -0.449 e. The van der Waals surface area contributed by atoms with E-state index in [1.807, 2.05) is 0 Å². The molecule has 30 heavy (non-hydrogen) atoms. The van der Waals surface area contributed by atoms with Crippen molar-refractivity contribution in [2.45, 2.75) is 52.4 Å². The number of carbonyl (C=O) groups excluding carboxylic acids is 3. The van der Waals surface area contributed by atoms with Gasteiger partial charge in [0.25, 0.3) is 5.91 Å². The van der Waals surface area contributed by atoms with Gasteiger partial charge < -0.3 is 25.6 Å². The van der Waals surface area contributed by atoms with E-state index in [-0.39, 0.29) is 18.1 Å². The average molecular weight is 425 g/mol. The zero-order valence-electron chi connectivity index (χ0n) is 18.4. The van der Waals surface area contributed by atoms with Crippen molar-refractivity contribution in [3.05, 3.63) is 11.4 Å². The Morgan fingerprint density at radius 1 is 1.23 bits per heavy atom. The largest absolute Gasteiger partial charge is 0.449 e. The number of piperazine rings is 1. The monoisotopic (exact) mass is 424 g/mol. The minimum absolute atomic E-state index is 0.0684. The quantitative estimate of drug-likeness (QED) is 0.216. The normalized spacial score (nSPS) is 15.3. The Morgan fingerprint density at radius 2 is 2.00 bits per heavy atom. The maximum Gasteiger partial charge on any atom is 0.410 e. The van der Waals surface area contributed by atoms with Gasteiger partial charge in [-0.2, -0.15) is 5.11 Å². The van der Waals surface area contributed by atoms with E-state index < -0.39 is 12.0 Å². The lowest BCUT2D eigenvalue weighted by molar-refractivity contribution is -0.121. The van der Waals surface area contributed by atoms with Crippen molar-refractivity contribution in [3.63, 3.8) is 0 Å². The smallest absolute Gasteiger partial charge is 0.410 e. The lowest BCUT2D eigenvalue weighted by Crippen LogP contribution is -2.46. The van der Waals surface area contributed by atoms with Gasteiger partial charge in [-0.1, -0.05) is 33.1 Å². The second kappa shape index (κ2) is 14.4. The molecule has 0 aliphatic carbocycles. The molecular formula is C20H36N6O4. The van der Waals surface area contributed by atoms with Crippen LogP contribution in [0.25, 0.3) is 0 Å². The summed E-state index contributed by atoms with van der Waals surface area (Å²) in [5.74, 6) is 0.0732. The molecule has 10 nitrogen and oxygen atoms in total. The number of hydrogen-bond donors (Lipinski definition) is 4. The van der Waals surface area contributed by atoms with Crippen molar-refractivity contribution in [2.75, 3.05) is 39.8 Å². The van der Waals surface area contributed by atoms with E-state index in [0.717, 1.165) is 19.3 Å². The molecule has 3 amide bonds. The molecule has 1 aliphatic heterocycles. The van der Waals surface area contributed by atoms with Crippen LogP contribution in [0, 0.1) is 11.4 Å². The number of unbranched alkanes of at least 4 members (excludes halogenated alkanes) is 2. The molecule has 0 aromatic rings. The summed E-state index contributed by atoms with van der Waals surface area (Å²) < 4.78 is 5.34. The van der Waals surface area contributed by atoms with Crippen LogP contribution in [0.15, 0.2) is 16.5 Å². The Bertz CT molecular complexity index is 620. The molecule has 1 aliphatic rings. The zero-order chi connectivity index (χ0) is 22.4. The summed E-state index contributed by atoms with van der Waals surface area (Å²) in [5.41, 5.74) is 7.69. The van der Waals surface area contributed by atoms with E-state index in [2.05, 4.69) is 34.9 Å². The van der Waals surface area contributed by atoms with Gasteiger partial charge >= 0.3 is 6.09 Å².